The van der Waals surface area contributed by atoms with Gasteiger partial charge in [0.05, 0.1) is 6.04 Å². The van der Waals surface area contributed by atoms with Crippen LogP contribution in [-0.2, 0) is 4.79 Å². The van der Waals surface area contributed by atoms with Gasteiger partial charge in [0.25, 0.3) is 0 Å². The minimum atomic E-state index is -0.211. The largest absolute Gasteiger partial charge is 0.338 e. The number of piperazine rings is 1. The average molecular weight is 360 g/mol. The fourth-order valence-corrected chi connectivity index (χ4v) is 3.07. The molecule has 0 radical (unpaired) electrons. The number of halogens is 1. The van der Waals surface area contributed by atoms with Gasteiger partial charge < -0.3 is 10.2 Å². The Balaban J connectivity index is 1.57. The van der Waals surface area contributed by atoms with Crippen molar-refractivity contribution < 1.29 is 4.79 Å². The molecule has 0 unspecified atom stereocenters. The monoisotopic (exact) mass is 359 g/mol. The molecule has 2 aromatic rings. The van der Waals surface area contributed by atoms with E-state index in [0.717, 1.165) is 43.4 Å². The van der Waals surface area contributed by atoms with Crippen LogP contribution in [0.15, 0.2) is 36.7 Å². The zero-order valence-corrected chi connectivity index (χ0v) is 15.2. The van der Waals surface area contributed by atoms with Crippen LogP contribution in [0, 0.1) is 6.92 Å². The molecule has 1 aromatic carbocycles. The lowest BCUT2D eigenvalue weighted by Crippen LogP contribution is -2.53. The van der Waals surface area contributed by atoms with E-state index in [1.54, 1.807) is 18.5 Å². The van der Waals surface area contributed by atoms with Crippen LogP contribution in [0.5, 0.6) is 0 Å². The van der Waals surface area contributed by atoms with Gasteiger partial charge in [-0.2, -0.15) is 0 Å². The van der Waals surface area contributed by atoms with E-state index in [4.69, 9.17) is 11.6 Å². The van der Waals surface area contributed by atoms with E-state index in [0.29, 0.717) is 5.02 Å². The second-order valence-corrected chi connectivity index (χ2v) is 6.63. The second kappa shape index (κ2) is 7.80. The van der Waals surface area contributed by atoms with E-state index < -0.39 is 0 Å². The van der Waals surface area contributed by atoms with Crippen molar-refractivity contribution in [3.05, 3.63) is 47.2 Å². The predicted molar refractivity (Wildman–Crippen MR) is 100 cm³/mol. The summed E-state index contributed by atoms with van der Waals surface area (Å²) in [6, 6.07) is 7.11. The smallest absolute Gasteiger partial charge is 0.241 e. The Morgan fingerprint density at radius 2 is 1.88 bits per heavy atom. The molecular formula is C18H22ClN5O. The summed E-state index contributed by atoms with van der Waals surface area (Å²) in [7, 11) is 0. The number of anilines is 2. The van der Waals surface area contributed by atoms with E-state index in [-0.39, 0.29) is 11.9 Å². The maximum Gasteiger partial charge on any atom is 0.241 e. The lowest BCUT2D eigenvalue weighted by atomic mass is 10.1. The summed E-state index contributed by atoms with van der Waals surface area (Å²) in [5.74, 6) is 0.726. The first kappa shape index (κ1) is 17.6. The molecule has 1 atom stereocenters. The number of aryl methyl sites for hydroxylation is 1. The minimum absolute atomic E-state index is 0.0187. The Morgan fingerprint density at radius 1 is 1.20 bits per heavy atom. The van der Waals surface area contributed by atoms with E-state index in [1.165, 1.54) is 0 Å². The number of nitrogens with zero attached hydrogens (tertiary/aromatic N) is 4. The highest BCUT2D eigenvalue weighted by molar-refractivity contribution is 6.31. The zero-order valence-electron chi connectivity index (χ0n) is 14.4. The third kappa shape index (κ3) is 4.27. The van der Waals surface area contributed by atoms with Gasteiger partial charge in [-0.05, 0) is 37.6 Å². The van der Waals surface area contributed by atoms with Crippen molar-refractivity contribution in [3.63, 3.8) is 0 Å². The molecule has 1 aliphatic rings. The molecule has 1 aromatic heterocycles. The van der Waals surface area contributed by atoms with Crippen molar-refractivity contribution in [1.82, 2.24) is 14.9 Å². The highest BCUT2D eigenvalue weighted by Crippen LogP contribution is 2.21. The Labute approximate surface area is 152 Å². The topological polar surface area (TPSA) is 61.4 Å². The molecule has 2 heterocycles. The second-order valence-electron chi connectivity index (χ2n) is 6.20. The van der Waals surface area contributed by atoms with Crippen LogP contribution in [0.1, 0.15) is 12.5 Å². The fourth-order valence-electron chi connectivity index (χ4n) is 2.90. The highest BCUT2D eigenvalue weighted by Gasteiger charge is 2.26. The summed E-state index contributed by atoms with van der Waals surface area (Å²) in [6.45, 7) is 7.08. The van der Waals surface area contributed by atoms with Crippen LogP contribution in [-0.4, -0.2) is 53.0 Å². The summed E-state index contributed by atoms with van der Waals surface area (Å²) >= 11 is 6.02. The summed E-state index contributed by atoms with van der Waals surface area (Å²) < 4.78 is 0. The lowest BCUT2D eigenvalue weighted by Gasteiger charge is -2.37. The SMILES string of the molecule is Cc1ccc(Cl)cc1NC(=O)[C@H](C)N1CCN(c2ncccn2)CC1. The number of carbonyl (C=O) groups is 1. The molecule has 132 valence electrons. The van der Waals surface area contributed by atoms with Crippen molar-refractivity contribution in [2.24, 2.45) is 0 Å². The third-order valence-electron chi connectivity index (χ3n) is 4.53. The molecule has 0 saturated carbocycles. The lowest BCUT2D eigenvalue weighted by molar-refractivity contribution is -0.120. The molecule has 1 aliphatic heterocycles. The number of aromatic nitrogens is 2. The van der Waals surface area contributed by atoms with Crippen molar-refractivity contribution in [2.75, 3.05) is 36.4 Å². The van der Waals surface area contributed by atoms with Gasteiger partial charge in [-0.15, -0.1) is 0 Å². The molecule has 0 spiro atoms. The van der Waals surface area contributed by atoms with Gasteiger partial charge in [0.2, 0.25) is 11.9 Å². The van der Waals surface area contributed by atoms with Crippen LogP contribution < -0.4 is 10.2 Å². The number of carbonyl (C=O) groups excluding carboxylic acids is 1. The highest BCUT2D eigenvalue weighted by atomic mass is 35.5. The molecule has 6 nitrogen and oxygen atoms in total. The van der Waals surface area contributed by atoms with Gasteiger partial charge in [-0.3, -0.25) is 9.69 Å². The molecule has 0 bridgehead atoms. The van der Waals surface area contributed by atoms with Crippen molar-refractivity contribution in [2.45, 2.75) is 19.9 Å². The number of nitrogens with one attached hydrogen (secondary N) is 1. The van der Waals surface area contributed by atoms with E-state index in [1.807, 2.05) is 32.0 Å². The molecule has 1 fully saturated rings. The van der Waals surface area contributed by atoms with Gasteiger partial charge in [-0.1, -0.05) is 17.7 Å². The Bertz CT molecular complexity index is 732. The summed E-state index contributed by atoms with van der Waals surface area (Å²) in [6.07, 6.45) is 3.50. The third-order valence-corrected chi connectivity index (χ3v) is 4.77. The maximum absolute atomic E-state index is 12.6. The van der Waals surface area contributed by atoms with E-state index in [2.05, 4.69) is 25.1 Å². The normalized spacial score (nSPS) is 16.5. The summed E-state index contributed by atoms with van der Waals surface area (Å²) in [4.78, 5) is 25.5. The first-order valence-electron chi connectivity index (χ1n) is 8.37. The molecular weight excluding hydrogens is 338 g/mol. The zero-order chi connectivity index (χ0) is 17.8. The minimum Gasteiger partial charge on any atom is -0.338 e. The first-order chi connectivity index (χ1) is 12.0. The van der Waals surface area contributed by atoms with E-state index in [9.17, 15) is 4.79 Å². The van der Waals surface area contributed by atoms with Crippen LogP contribution in [0.2, 0.25) is 5.02 Å². The number of hydrogen-bond acceptors (Lipinski definition) is 5. The average Bonchev–Trinajstić information content (AvgIpc) is 2.65. The fraction of sp³-hybridized carbons (Fsp3) is 0.389. The molecule has 1 N–H and O–H groups in total. The molecule has 0 aliphatic carbocycles. The maximum atomic E-state index is 12.6. The quantitative estimate of drug-likeness (QED) is 0.909. The van der Waals surface area contributed by atoms with Crippen molar-refractivity contribution in [3.8, 4) is 0 Å². The van der Waals surface area contributed by atoms with E-state index >= 15 is 0 Å². The van der Waals surface area contributed by atoms with Crippen molar-refractivity contribution >= 4 is 29.1 Å². The molecule has 7 heteroatoms. The van der Waals surface area contributed by atoms with Crippen molar-refractivity contribution in [1.29, 1.82) is 0 Å². The molecule has 1 amide bonds. The van der Waals surface area contributed by atoms with Crippen LogP contribution >= 0.6 is 11.6 Å². The van der Waals surface area contributed by atoms with Gasteiger partial charge >= 0.3 is 0 Å². The number of rotatable bonds is 4. The standard InChI is InChI=1S/C18H22ClN5O/c1-13-4-5-15(19)12-16(13)22-17(25)14(2)23-8-10-24(11-9-23)18-20-6-3-7-21-18/h3-7,12,14H,8-11H2,1-2H3,(H,22,25)/t14-/m0/s1. The number of amides is 1. The van der Waals surface area contributed by atoms with Gasteiger partial charge in [0.1, 0.15) is 0 Å². The van der Waals surface area contributed by atoms with Gasteiger partial charge in [0.15, 0.2) is 0 Å². The number of benzene rings is 1. The van der Waals surface area contributed by atoms with Crippen LogP contribution in [0.4, 0.5) is 11.6 Å². The van der Waals surface area contributed by atoms with Crippen LogP contribution in [0.25, 0.3) is 0 Å². The molecule has 3 rings (SSSR count). The molecule has 25 heavy (non-hydrogen) atoms. The Hall–Kier alpha value is -2.18. The molecule has 1 saturated heterocycles. The van der Waals surface area contributed by atoms with Crippen LogP contribution in [0.3, 0.4) is 0 Å². The summed E-state index contributed by atoms with van der Waals surface area (Å²) in [5.41, 5.74) is 1.76. The first-order valence-corrected chi connectivity index (χ1v) is 8.75. The van der Waals surface area contributed by atoms with Gasteiger partial charge in [0, 0.05) is 49.3 Å². The summed E-state index contributed by atoms with van der Waals surface area (Å²) in [5, 5.41) is 3.60. The van der Waals surface area contributed by atoms with Gasteiger partial charge in [-0.25, -0.2) is 9.97 Å². The number of hydrogen-bond donors (Lipinski definition) is 1. The Kier molecular flexibility index (Phi) is 5.50. The Morgan fingerprint density at radius 3 is 2.56 bits per heavy atom. The predicted octanol–water partition coefficient (Wildman–Crippen LogP) is 2.59.